The first-order valence-corrected chi connectivity index (χ1v) is 9.65. The van der Waals surface area contributed by atoms with Gasteiger partial charge in [-0.05, 0) is 43.3 Å². The quantitative estimate of drug-likeness (QED) is 0.434. The number of nitrogens with one attached hydrogen (secondary N) is 1. The van der Waals surface area contributed by atoms with Crippen molar-refractivity contribution >= 4 is 40.3 Å². The molecule has 11 heteroatoms. The van der Waals surface area contributed by atoms with Crippen LogP contribution in [0.5, 0.6) is 5.75 Å². The number of anilines is 2. The first kappa shape index (κ1) is 19.3. The van der Waals surface area contributed by atoms with Crippen LogP contribution in [0, 0.1) is 0 Å². The van der Waals surface area contributed by atoms with E-state index in [0.717, 1.165) is 0 Å². The van der Waals surface area contributed by atoms with Crippen molar-refractivity contribution < 1.29 is 13.9 Å². The predicted octanol–water partition coefficient (Wildman–Crippen LogP) is 3.07. The predicted molar refractivity (Wildman–Crippen MR) is 118 cm³/mol. The molecule has 0 radical (unpaired) electrons. The summed E-state index contributed by atoms with van der Waals surface area (Å²) in [6, 6.07) is 10.4. The molecular weight excluding hydrogens is 412 g/mol. The molecule has 0 aliphatic carbocycles. The molecule has 5 aromatic rings. The maximum Gasteiger partial charge on any atom is 0.293 e. The number of aromatic nitrogens is 6. The number of carbonyl (C=O) groups is 1. The minimum atomic E-state index is -0.489. The zero-order chi connectivity index (χ0) is 22.2. The molecule has 0 bridgehead atoms. The zero-order valence-electron chi connectivity index (χ0n) is 17.2. The fraction of sp³-hybridized carbons (Fsp3) is 0.0952. The molecule has 4 aromatic heterocycles. The molecule has 0 spiro atoms. The summed E-state index contributed by atoms with van der Waals surface area (Å²) in [7, 11) is 1.57. The van der Waals surface area contributed by atoms with Gasteiger partial charge in [-0.15, -0.1) is 10.2 Å². The Morgan fingerprint density at radius 2 is 2.00 bits per heavy atom. The number of nitrogens with two attached hydrogens (primary N) is 1. The number of methoxy groups -OCH3 is 1. The molecule has 0 atom stereocenters. The van der Waals surface area contributed by atoms with Gasteiger partial charge in [-0.1, -0.05) is 6.08 Å². The number of ether oxygens (including phenoxy) is 1. The Hall–Kier alpha value is -4.67. The van der Waals surface area contributed by atoms with Gasteiger partial charge in [-0.3, -0.25) is 4.79 Å². The van der Waals surface area contributed by atoms with Crippen LogP contribution in [0.2, 0.25) is 0 Å². The van der Waals surface area contributed by atoms with Gasteiger partial charge in [0, 0.05) is 11.9 Å². The standard InChI is InChI=1S/C21H18N8O3/c1-3-10-28-16(22)15-18(26-28)25-20(21(30)23-12-6-8-13(31-2)9-7-12)29-19(15)24-17(27-29)14-5-4-11-32-14/h3-11H,22H2,1-2H3,(H,23,30). The van der Waals surface area contributed by atoms with Crippen LogP contribution < -0.4 is 15.8 Å². The molecule has 11 nitrogen and oxygen atoms in total. The monoisotopic (exact) mass is 430 g/mol. The number of nitrogen functional groups attached to an aromatic ring is 1. The number of carbonyl (C=O) groups excluding carboxylic acids is 1. The summed E-state index contributed by atoms with van der Waals surface area (Å²) in [5.41, 5.74) is 7.47. The van der Waals surface area contributed by atoms with E-state index in [0.29, 0.717) is 39.9 Å². The van der Waals surface area contributed by atoms with Crippen molar-refractivity contribution in [2.45, 2.75) is 6.92 Å². The Labute approximate surface area is 181 Å². The van der Waals surface area contributed by atoms with E-state index in [1.807, 2.05) is 6.92 Å². The lowest BCUT2D eigenvalue weighted by Gasteiger charge is -2.07. The molecular formula is C21H18N8O3. The number of amides is 1. The van der Waals surface area contributed by atoms with Gasteiger partial charge in [0.1, 0.15) is 17.0 Å². The summed E-state index contributed by atoms with van der Waals surface area (Å²) in [6.07, 6.45) is 4.99. The minimum Gasteiger partial charge on any atom is -0.497 e. The molecule has 1 aromatic carbocycles. The third-order valence-electron chi connectivity index (χ3n) is 4.76. The third-order valence-corrected chi connectivity index (χ3v) is 4.76. The van der Waals surface area contributed by atoms with Crippen molar-refractivity contribution in [2.75, 3.05) is 18.2 Å². The number of hydrogen-bond donors (Lipinski definition) is 2. The topological polar surface area (TPSA) is 138 Å². The Kier molecular flexibility index (Phi) is 4.55. The van der Waals surface area contributed by atoms with E-state index in [9.17, 15) is 4.79 Å². The van der Waals surface area contributed by atoms with Gasteiger partial charge in [-0.2, -0.15) is 4.52 Å². The fourth-order valence-electron chi connectivity index (χ4n) is 3.27. The summed E-state index contributed by atoms with van der Waals surface area (Å²) in [5, 5.41) is 12.1. The van der Waals surface area contributed by atoms with Crippen LogP contribution in [0.25, 0.3) is 34.5 Å². The second-order valence-corrected chi connectivity index (χ2v) is 6.78. The Morgan fingerprint density at radius 1 is 1.19 bits per heavy atom. The average Bonchev–Trinajstić information content (AvgIpc) is 3.53. The summed E-state index contributed by atoms with van der Waals surface area (Å²) in [4.78, 5) is 22.1. The molecule has 32 heavy (non-hydrogen) atoms. The second-order valence-electron chi connectivity index (χ2n) is 6.78. The largest absolute Gasteiger partial charge is 0.497 e. The number of benzene rings is 1. The number of rotatable bonds is 5. The van der Waals surface area contributed by atoms with Crippen LogP contribution in [-0.2, 0) is 0 Å². The van der Waals surface area contributed by atoms with Gasteiger partial charge < -0.3 is 20.2 Å². The van der Waals surface area contributed by atoms with Crippen molar-refractivity contribution in [3.63, 3.8) is 0 Å². The molecule has 0 aliphatic rings. The van der Waals surface area contributed by atoms with Crippen molar-refractivity contribution in [3.05, 3.63) is 54.6 Å². The van der Waals surface area contributed by atoms with Crippen LogP contribution in [0.15, 0.2) is 53.2 Å². The maximum atomic E-state index is 13.1. The van der Waals surface area contributed by atoms with Crippen LogP contribution in [0.1, 0.15) is 17.5 Å². The molecule has 0 unspecified atom stereocenters. The van der Waals surface area contributed by atoms with Crippen molar-refractivity contribution in [2.24, 2.45) is 0 Å². The smallest absolute Gasteiger partial charge is 0.293 e. The molecule has 0 fully saturated rings. The van der Waals surface area contributed by atoms with Gasteiger partial charge in [0.15, 0.2) is 17.1 Å². The number of nitrogens with zero attached hydrogens (tertiary/aromatic N) is 6. The molecule has 0 saturated heterocycles. The number of hydrogen-bond acceptors (Lipinski definition) is 8. The summed E-state index contributed by atoms with van der Waals surface area (Å²) < 4.78 is 13.4. The minimum absolute atomic E-state index is 0.00116. The maximum absolute atomic E-state index is 13.1. The van der Waals surface area contributed by atoms with Crippen molar-refractivity contribution in [1.29, 1.82) is 0 Å². The molecule has 160 valence electrons. The highest BCUT2D eigenvalue weighted by atomic mass is 16.5. The second kappa shape index (κ2) is 7.54. The van der Waals surface area contributed by atoms with Crippen LogP contribution in [0.3, 0.4) is 0 Å². The van der Waals surface area contributed by atoms with E-state index in [-0.39, 0.29) is 11.5 Å². The van der Waals surface area contributed by atoms with Gasteiger partial charge in [0.2, 0.25) is 11.6 Å². The average molecular weight is 430 g/mol. The van der Waals surface area contributed by atoms with Crippen molar-refractivity contribution in [1.82, 2.24) is 29.4 Å². The highest BCUT2D eigenvalue weighted by Crippen LogP contribution is 2.27. The van der Waals surface area contributed by atoms with E-state index in [2.05, 4.69) is 25.5 Å². The Morgan fingerprint density at radius 3 is 2.69 bits per heavy atom. The third kappa shape index (κ3) is 3.12. The van der Waals surface area contributed by atoms with Gasteiger partial charge >= 0.3 is 0 Å². The number of furan rings is 1. The van der Waals surface area contributed by atoms with Gasteiger partial charge in [0.05, 0.1) is 13.4 Å². The molecule has 3 N–H and O–H groups in total. The van der Waals surface area contributed by atoms with E-state index in [4.69, 9.17) is 14.9 Å². The number of fused-ring (bicyclic) bond motifs is 3. The summed E-state index contributed by atoms with van der Waals surface area (Å²) >= 11 is 0. The number of allylic oxidation sites excluding steroid dienone is 1. The Balaban J connectivity index is 1.68. The fourth-order valence-corrected chi connectivity index (χ4v) is 3.27. The van der Waals surface area contributed by atoms with E-state index >= 15 is 0 Å². The van der Waals surface area contributed by atoms with E-state index in [1.165, 1.54) is 15.5 Å². The van der Waals surface area contributed by atoms with Crippen LogP contribution in [0.4, 0.5) is 11.5 Å². The van der Waals surface area contributed by atoms with Crippen LogP contribution in [-0.4, -0.2) is 42.4 Å². The Bertz CT molecular complexity index is 1460. The lowest BCUT2D eigenvalue weighted by Crippen LogP contribution is -2.19. The molecule has 0 aliphatic heterocycles. The summed E-state index contributed by atoms with van der Waals surface area (Å²) in [5.74, 6) is 1.25. The first-order valence-electron chi connectivity index (χ1n) is 9.65. The highest BCUT2D eigenvalue weighted by molar-refractivity contribution is 6.06. The van der Waals surface area contributed by atoms with E-state index < -0.39 is 5.91 Å². The van der Waals surface area contributed by atoms with Gasteiger partial charge in [0.25, 0.3) is 5.91 Å². The van der Waals surface area contributed by atoms with Crippen LogP contribution >= 0.6 is 0 Å². The normalized spacial score (nSPS) is 11.6. The molecule has 0 saturated carbocycles. The first-order chi connectivity index (χ1) is 15.6. The molecule has 5 rings (SSSR count). The summed E-state index contributed by atoms with van der Waals surface area (Å²) in [6.45, 7) is 1.84. The molecule has 1 amide bonds. The van der Waals surface area contributed by atoms with Crippen molar-refractivity contribution in [3.8, 4) is 17.3 Å². The SMILES string of the molecule is CC=Cn1nc2nc(C(=O)Nc3ccc(OC)cc3)n3nc(-c4ccco4)nc3c2c1N. The van der Waals surface area contributed by atoms with E-state index in [1.54, 1.807) is 55.8 Å². The lowest BCUT2D eigenvalue weighted by molar-refractivity contribution is 0.101. The highest BCUT2D eigenvalue weighted by Gasteiger charge is 2.24. The lowest BCUT2D eigenvalue weighted by atomic mass is 10.3. The zero-order valence-corrected chi connectivity index (χ0v) is 17.2. The van der Waals surface area contributed by atoms with Gasteiger partial charge in [-0.25, -0.2) is 14.6 Å². The molecule has 4 heterocycles.